The maximum absolute atomic E-state index is 11.9. The van der Waals surface area contributed by atoms with E-state index >= 15 is 0 Å². The van der Waals surface area contributed by atoms with E-state index in [9.17, 15) is 9.59 Å². The second kappa shape index (κ2) is 21.4. The molecule has 0 radical (unpaired) electrons. The first-order chi connectivity index (χ1) is 31.3. The molecular formula is C48H44N8O8. The number of nitrogens with zero attached hydrogens (tertiary/aromatic N) is 8. The van der Waals surface area contributed by atoms with E-state index in [4.69, 9.17) is 28.4 Å². The number of hydrogen-bond donors (Lipinski definition) is 0. The summed E-state index contributed by atoms with van der Waals surface area (Å²) in [7, 11) is 5.93. The molecule has 0 fully saturated rings. The summed E-state index contributed by atoms with van der Waals surface area (Å²) in [6, 6.07) is 30.3. The molecule has 0 spiro atoms. The van der Waals surface area contributed by atoms with Crippen molar-refractivity contribution in [2.45, 2.75) is 26.3 Å². The van der Waals surface area contributed by atoms with Crippen LogP contribution in [-0.2, 0) is 45.4 Å². The van der Waals surface area contributed by atoms with E-state index in [0.29, 0.717) is 36.2 Å². The molecule has 0 N–H and O–H groups in total. The minimum Gasteiger partial charge on any atom is -0.495 e. The quantitative estimate of drug-likeness (QED) is 0.0871. The molecule has 0 aliphatic heterocycles. The summed E-state index contributed by atoms with van der Waals surface area (Å²) < 4.78 is 34.8. The van der Waals surface area contributed by atoms with Crippen molar-refractivity contribution in [2.75, 3.05) is 28.4 Å². The number of carbonyl (C=O) groups excluding carboxylic acids is 2. The standard InChI is InChI=1S/2C24H22N4O4/c1-30-21-8-5-19(26-13-21)16-32-20-6-3-18(4-7-20)24-22(17-9-11-25-12-10-17)14-28(27-24)15-23(29)31-2;1-30-21-8-5-19(26-13-21)16-32-20-6-3-18(4-7-20)24-22(17-9-11-25-12-10-17)14-27-28(24)15-23(29)31-2/h2*3-14H,15-16H2,1-2H3. The van der Waals surface area contributed by atoms with Crippen LogP contribution in [0.2, 0.25) is 0 Å². The van der Waals surface area contributed by atoms with Gasteiger partial charge in [-0.1, -0.05) is 0 Å². The summed E-state index contributed by atoms with van der Waals surface area (Å²) in [5.41, 5.74) is 8.66. The molecule has 0 aliphatic rings. The summed E-state index contributed by atoms with van der Waals surface area (Å²) in [5, 5.41) is 9.03. The third kappa shape index (κ3) is 11.3. The van der Waals surface area contributed by atoms with Crippen LogP contribution in [0.25, 0.3) is 44.8 Å². The van der Waals surface area contributed by atoms with E-state index in [1.165, 1.54) is 14.2 Å². The van der Waals surface area contributed by atoms with Crippen LogP contribution in [0.15, 0.2) is 147 Å². The molecule has 2 aromatic carbocycles. The van der Waals surface area contributed by atoms with Crippen molar-refractivity contribution in [2.24, 2.45) is 0 Å². The zero-order chi connectivity index (χ0) is 44.7. The van der Waals surface area contributed by atoms with Crippen LogP contribution in [0.4, 0.5) is 0 Å². The lowest BCUT2D eigenvalue weighted by molar-refractivity contribution is -0.142. The molecule has 0 bridgehead atoms. The molecule has 8 aromatic rings. The van der Waals surface area contributed by atoms with Crippen molar-refractivity contribution in [3.63, 3.8) is 0 Å². The van der Waals surface area contributed by atoms with Crippen LogP contribution >= 0.6 is 0 Å². The van der Waals surface area contributed by atoms with Gasteiger partial charge in [-0.15, -0.1) is 0 Å². The fraction of sp³-hybridized carbons (Fsp3) is 0.167. The van der Waals surface area contributed by atoms with E-state index in [-0.39, 0.29) is 25.0 Å². The minimum absolute atomic E-state index is 0.0122. The number of hydrogen-bond acceptors (Lipinski definition) is 14. The Hall–Kier alpha value is -8.40. The highest BCUT2D eigenvalue weighted by Crippen LogP contribution is 2.34. The summed E-state index contributed by atoms with van der Waals surface area (Å²) in [6.45, 7) is 0.730. The zero-order valence-electron chi connectivity index (χ0n) is 35.5. The fourth-order valence-corrected chi connectivity index (χ4v) is 6.36. The molecule has 324 valence electrons. The summed E-state index contributed by atoms with van der Waals surface area (Å²) >= 11 is 0. The van der Waals surface area contributed by atoms with Crippen LogP contribution in [0.5, 0.6) is 23.0 Å². The SMILES string of the molecule is COC(=O)Cn1cc(-c2ccncc2)c(-c2ccc(OCc3ccc(OC)cn3)cc2)n1.COC(=O)Cn1ncc(-c2ccncc2)c1-c1ccc(OCc2ccc(OC)cn2)cc1. The third-order valence-electron chi connectivity index (χ3n) is 9.70. The Balaban J connectivity index is 0.000000191. The molecular weight excluding hydrogens is 817 g/mol. The predicted octanol–water partition coefficient (Wildman–Crippen LogP) is 7.54. The van der Waals surface area contributed by atoms with Gasteiger partial charge in [0.2, 0.25) is 0 Å². The first-order valence-corrected chi connectivity index (χ1v) is 19.9. The third-order valence-corrected chi connectivity index (χ3v) is 9.70. The lowest BCUT2D eigenvalue weighted by Gasteiger charge is -2.11. The fourth-order valence-electron chi connectivity index (χ4n) is 6.36. The van der Waals surface area contributed by atoms with Gasteiger partial charge in [0.1, 0.15) is 55.0 Å². The molecule has 8 rings (SSSR count). The number of benzene rings is 2. The van der Waals surface area contributed by atoms with Gasteiger partial charge in [0, 0.05) is 53.2 Å². The average Bonchev–Trinajstić information content (AvgIpc) is 3.98. The van der Waals surface area contributed by atoms with E-state index in [1.807, 2.05) is 103 Å². The first kappa shape index (κ1) is 43.7. The van der Waals surface area contributed by atoms with Gasteiger partial charge in [0.25, 0.3) is 0 Å². The lowest BCUT2D eigenvalue weighted by Crippen LogP contribution is -2.13. The number of aromatic nitrogens is 8. The van der Waals surface area contributed by atoms with Crippen molar-refractivity contribution in [1.82, 2.24) is 39.5 Å². The van der Waals surface area contributed by atoms with Crippen LogP contribution in [-0.4, -0.2) is 79.9 Å². The Morgan fingerprint density at radius 1 is 0.516 bits per heavy atom. The largest absolute Gasteiger partial charge is 0.495 e. The Bertz CT molecular complexity index is 2690. The van der Waals surface area contributed by atoms with Crippen LogP contribution < -0.4 is 18.9 Å². The topological polar surface area (TPSA) is 177 Å². The van der Waals surface area contributed by atoms with Crippen molar-refractivity contribution in [3.05, 3.63) is 158 Å². The van der Waals surface area contributed by atoms with Crippen molar-refractivity contribution in [1.29, 1.82) is 0 Å². The molecule has 16 nitrogen and oxygen atoms in total. The predicted molar refractivity (Wildman–Crippen MR) is 236 cm³/mol. The molecule has 0 atom stereocenters. The highest BCUT2D eigenvalue weighted by atomic mass is 16.5. The molecule has 0 saturated carbocycles. The van der Waals surface area contributed by atoms with Crippen LogP contribution in [0.1, 0.15) is 11.4 Å². The highest BCUT2D eigenvalue weighted by molar-refractivity contribution is 5.83. The highest BCUT2D eigenvalue weighted by Gasteiger charge is 2.18. The van der Waals surface area contributed by atoms with Gasteiger partial charge in [-0.05, 0) is 108 Å². The van der Waals surface area contributed by atoms with E-state index in [1.54, 1.807) is 67.0 Å². The molecule has 6 aromatic heterocycles. The Morgan fingerprint density at radius 2 is 1.00 bits per heavy atom. The molecule has 64 heavy (non-hydrogen) atoms. The lowest BCUT2D eigenvalue weighted by atomic mass is 10.0. The second-order valence-electron chi connectivity index (χ2n) is 13.8. The minimum atomic E-state index is -0.373. The molecule has 0 amide bonds. The summed E-state index contributed by atoms with van der Waals surface area (Å²) in [5.74, 6) is 2.09. The van der Waals surface area contributed by atoms with E-state index < -0.39 is 0 Å². The molecule has 6 heterocycles. The molecule has 16 heteroatoms. The van der Waals surface area contributed by atoms with Gasteiger partial charge < -0.3 is 28.4 Å². The van der Waals surface area contributed by atoms with Crippen molar-refractivity contribution >= 4 is 11.9 Å². The number of carbonyl (C=O) groups is 2. The number of methoxy groups -OCH3 is 4. The summed E-state index contributed by atoms with van der Waals surface area (Å²) in [6.07, 6.45) is 13.8. The van der Waals surface area contributed by atoms with Gasteiger partial charge in [0.05, 0.1) is 64.1 Å². The van der Waals surface area contributed by atoms with E-state index in [2.05, 4.69) is 30.1 Å². The summed E-state index contributed by atoms with van der Waals surface area (Å²) in [4.78, 5) is 40.4. The van der Waals surface area contributed by atoms with Crippen molar-refractivity contribution < 1.29 is 38.0 Å². The molecule has 0 aliphatic carbocycles. The van der Waals surface area contributed by atoms with Crippen LogP contribution in [0.3, 0.4) is 0 Å². The number of esters is 2. The van der Waals surface area contributed by atoms with Crippen molar-refractivity contribution in [3.8, 4) is 67.8 Å². The normalized spacial score (nSPS) is 10.6. The number of pyridine rings is 4. The van der Waals surface area contributed by atoms with E-state index in [0.717, 1.165) is 56.2 Å². The maximum atomic E-state index is 11.9. The number of ether oxygens (including phenoxy) is 6. The van der Waals surface area contributed by atoms with Gasteiger partial charge in [0.15, 0.2) is 0 Å². The van der Waals surface area contributed by atoms with Gasteiger partial charge in [-0.2, -0.15) is 10.2 Å². The Morgan fingerprint density at radius 3 is 1.48 bits per heavy atom. The maximum Gasteiger partial charge on any atom is 0.327 e. The van der Waals surface area contributed by atoms with Gasteiger partial charge in [-0.25, -0.2) is 0 Å². The monoisotopic (exact) mass is 860 g/mol. The number of rotatable bonds is 16. The zero-order valence-corrected chi connectivity index (χ0v) is 35.5. The molecule has 0 unspecified atom stereocenters. The smallest absolute Gasteiger partial charge is 0.327 e. The van der Waals surface area contributed by atoms with Gasteiger partial charge >= 0.3 is 11.9 Å². The second-order valence-corrected chi connectivity index (χ2v) is 13.8. The Kier molecular flexibility index (Phi) is 14.6. The van der Waals surface area contributed by atoms with Gasteiger partial charge in [-0.3, -0.25) is 38.9 Å². The van der Waals surface area contributed by atoms with Crippen LogP contribution in [0, 0.1) is 0 Å². The average molecular weight is 861 g/mol. The first-order valence-electron chi connectivity index (χ1n) is 19.9. The molecule has 0 saturated heterocycles. The Labute approximate surface area is 369 Å².